The molecule has 31 heavy (non-hydrogen) atoms. The van der Waals surface area contributed by atoms with Gasteiger partial charge in [0.25, 0.3) is 0 Å². The van der Waals surface area contributed by atoms with Gasteiger partial charge in [-0.2, -0.15) is 0 Å². The summed E-state index contributed by atoms with van der Waals surface area (Å²) in [5.41, 5.74) is 4.92. The Bertz CT molecular complexity index is 1580. The van der Waals surface area contributed by atoms with Crippen molar-refractivity contribution in [1.29, 1.82) is 0 Å². The lowest BCUT2D eigenvalue weighted by molar-refractivity contribution is 1.66. The predicted molar refractivity (Wildman–Crippen MR) is 135 cm³/mol. The molecule has 0 nitrogen and oxygen atoms in total. The molecule has 0 aliphatic carbocycles. The Morgan fingerprint density at radius 2 is 1.00 bits per heavy atom. The van der Waals surface area contributed by atoms with Gasteiger partial charge in [0.2, 0.25) is 0 Å². The number of rotatable bonds is 2. The molecule has 146 valence electrons. The minimum Gasteiger partial charge on any atom is -0.0843 e. The third-order valence-electron chi connectivity index (χ3n) is 6.09. The van der Waals surface area contributed by atoms with Crippen molar-refractivity contribution in [1.82, 2.24) is 0 Å². The lowest BCUT2D eigenvalue weighted by Gasteiger charge is -2.18. The van der Waals surface area contributed by atoms with Gasteiger partial charge in [-0.3, -0.25) is 0 Å². The summed E-state index contributed by atoms with van der Waals surface area (Å²) in [5.74, 6) is 0. The second kappa shape index (κ2) is 7.27. The van der Waals surface area contributed by atoms with Crippen molar-refractivity contribution < 1.29 is 0 Å². The summed E-state index contributed by atoms with van der Waals surface area (Å²) in [5, 5.41) is 8.16. The van der Waals surface area contributed by atoms with Crippen LogP contribution in [-0.4, -0.2) is 0 Å². The van der Waals surface area contributed by atoms with Crippen molar-refractivity contribution in [2.75, 3.05) is 0 Å². The minimum absolute atomic E-state index is 0.754. The standard InChI is InChI=1S/C30H19Cl/c31-24-16-17-27-28(19-24)29(21-9-2-1-3-10-21)25-12-6-7-13-26(25)30(27)23-15-14-20-8-4-5-11-22(20)18-23/h1-19H. The summed E-state index contributed by atoms with van der Waals surface area (Å²) in [6.45, 7) is 0. The van der Waals surface area contributed by atoms with Gasteiger partial charge >= 0.3 is 0 Å². The van der Waals surface area contributed by atoms with E-state index < -0.39 is 0 Å². The highest BCUT2D eigenvalue weighted by Gasteiger charge is 2.17. The molecule has 6 aromatic rings. The zero-order valence-corrected chi connectivity index (χ0v) is 17.6. The highest BCUT2D eigenvalue weighted by molar-refractivity contribution is 6.32. The molecule has 0 saturated carbocycles. The Hall–Kier alpha value is -3.61. The first-order valence-corrected chi connectivity index (χ1v) is 10.9. The summed E-state index contributed by atoms with van der Waals surface area (Å²) < 4.78 is 0. The third kappa shape index (κ3) is 3.00. The number of halogens is 1. The van der Waals surface area contributed by atoms with Gasteiger partial charge in [-0.15, -0.1) is 0 Å². The Morgan fingerprint density at radius 3 is 1.77 bits per heavy atom. The zero-order valence-electron chi connectivity index (χ0n) is 16.8. The first-order chi connectivity index (χ1) is 15.3. The van der Waals surface area contributed by atoms with E-state index in [1.807, 2.05) is 6.07 Å². The molecule has 0 bridgehead atoms. The largest absolute Gasteiger partial charge is 0.0843 e. The summed E-state index contributed by atoms with van der Waals surface area (Å²) >= 11 is 6.51. The Kier molecular flexibility index (Phi) is 4.26. The van der Waals surface area contributed by atoms with Gasteiger partial charge in [0, 0.05) is 5.02 Å². The number of fused-ring (bicyclic) bond motifs is 3. The van der Waals surface area contributed by atoms with E-state index in [0.717, 1.165) is 5.02 Å². The van der Waals surface area contributed by atoms with Crippen molar-refractivity contribution in [2.45, 2.75) is 0 Å². The van der Waals surface area contributed by atoms with Gasteiger partial charge in [-0.05, 0) is 72.8 Å². The van der Waals surface area contributed by atoms with Crippen LogP contribution in [0.25, 0.3) is 54.6 Å². The molecule has 0 heterocycles. The third-order valence-corrected chi connectivity index (χ3v) is 6.32. The average Bonchev–Trinajstić information content (AvgIpc) is 2.82. The van der Waals surface area contributed by atoms with Crippen LogP contribution in [0.15, 0.2) is 115 Å². The molecule has 0 radical (unpaired) electrons. The van der Waals surface area contributed by atoms with Crippen LogP contribution in [0, 0.1) is 0 Å². The van der Waals surface area contributed by atoms with Crippen molar-refractivity contribution in [2.24, 2.45) is 0 Å². The van der Waals surface area contributed by atoms with E-state index in [9.17, 15) is 0 Å². The van der Waals surface area contributed by atoms with Crippen LogP contribution in [0.4, 0.5) is 0 Å². The van der Waals surface area contributed by atoms with Gasteiger partial charge in [-0.1, -0.05) is 109 Å². The maximum absolute atomic E-state index is 6.51. The van der Waals surface area contributed by atoms with Crippen molar-refractivity contribution in [3.63, 3.8) is 0 Å². The topological polar surface area (TPSA) is 0 Å². The van der Waals surface area contributed by atoms with Crippen LogP contribution in [0.2, 0.25) is 5.02 Å². The zero-order chi connectivity index (χ0) is 20.8. The van der Waals surface area contributed by atoms with Gasteiger partial charge < -0.3 is 0 Å². The fourth-order valence-corrected chi connectivity index (χ4v) is 4.89. The molecule has 0 aliphatic rings. The van der Waals surface area contributed by atoms with Crippen molar-refractivity contribution >= 4 is 43.9 Å². The van der Waals surface area contributed by atoms with Crippen molar-refractivity contribution in [3.8, 4) is 22.3 Å². The molecule has 0 saturated heterocycles. The van der Waals surface area contributed by atoms with E-state index in [1.165, 1.54) is 54.6 Å². The Labute approximate surface area is 186 Å². The van der Waals surface area contributed by atoms with Crippen LogP contribution in [0.5, 0.6) is 0 Å². The second-order valence-corrected chi connectivity index (χ2v) is 8.35. The monoisotopic (exact) mass is 414 g/mol. The van der Waals surface area contributed by atoms with Crippen LogP contribution >= 0.6 is 11.6 Å². The summed E-state index contributed by atoms with van der Waals surface area (Å²) in [4.78, 5) is 0. The van der Waals surface area contributed by atoms with Crippen LogP contribution in [0.1, 0.15) is 0 Å². The fourth-order valence-electron chi connectivity index (χ4n) is 4.72. The smallest absolute Gasteiger partial charge is 0.0412 e. The molecule has 0 fully saturated rings. The molecular weight excluding hydrogens is 396 g/mol. The lowest BCUT2D eigenvalue weighted by Crippen LogP contribution is -1.91. The quantitative estimate of drug-likeness (QED) is 0.248. The van der Waals surface area contributed by atoms with E-state index in [1.54, 1.807) is 0 Å². The molecule has 0 spiro atoms. The molecule has 0 unspecified atom stereocenters. The number of hydrogen-bond acceptors (Lipinski definition) is 0. The summed E-state index contributed by atoms with van der Waals surface area (Å²) in [7, 11) is 0. The van der Waals surface area contributed by atoms with Crippen LogP contribution in [0.3, 0.4) is 0 Å². The first-order valence-electron chi connectivity index (χ1n) is 10.5. The van der Waals surface area contributed by atoms with Gasteiger partial charge in [0.1, 0.15) is 0 Å². The van der Waals surface area contributed by atoms with E-state index in [2.05, 4.69) is 109 Å². The van der Waals surface area contributed by atoms with Crippen LogP contribution in [-0.2, 0) is 0 Å². The molecular formula is C30H19Cl. The lowest BCUT2D eigenvalue weighted by atomic mass is 9.85. The summed E-state index contributed by atoms with van der Waals surface area (Å²) in [6, 6.07) is 40.9. The maximum Gasteiger partial charge on any atom is 0.0412 e. The minimum atomic E-state index is 0.754. The molecule has 1 heteroatoms. The van der Waals surface area contributed by atoms with Gasteiger partial charge in [0.05, 0.1) is 0 Å². The first kappa shape index (κ1) is 18.2. The van der Waals surface area contributed by atoms with E-state index >= 15 is 0 Å². The molecule has 0 aliphatic heterocycles. The molecule has 0 atom stereocenters. The Balaban J connectivity index is 1.80. The molecule has 0 amide bonds. The summed E-state index contributed by atoms with van der Waals surface area (Å²) in [6.07, 6.45) is 0. The number of hydrogen-bond donors (Lipinski definition) is 0. The van der Waals surface area contributed by atoms with E-state index in [0.29, 0.717) is 0 Å². The molecule has 0 N–H and O–H groups in total. The maximum atomic E-state index is 6.51. The average molecular weight is 415 g/mol. The normalized spacial score (nSPS) is 11.4. The van der Waals surface area contributed by atoms with Gasteiger partial charge in [-0.25, -0.2) is 0 Å². The highest BCUT2D eigenvalue weighted by Crippen LogP contribution is 2.44. The SMILES string of the molecule is Clc1ccc2c(-c3ccc4ccccc4c3)c3ccccc3c(-c3ccccc3)c2c1. The Morgan fingerprint density at radius 1 is 0.387 bits per heavy atom. The predicted octanol–water partition coefficient (Wildman–Crippen LogP) is 9.13. The van der Waals surface area contributed by atoms with Gasteiger partial charge in [0.15, 0.2) is 0 Å². The molecule has 0 aromatic heterocycles. The molecule has 6 rings (SSSR count). The second-order valence-electron chi connectivity index (χ2n) is 7.91. The fraction of sp³-hybridized carbons (Fsp3) is 0. The van der Waals surface area contributed by atoms with Crippen LogP contribution < -0.4 is 0 Å². The molecule has 6 aromatic carbocycles. The van der Waals surface area contributed by atoms with Crippen molar-refractivity contribution in [3.05, 3.63) is 120 Å². The highest BCUT2D eigenvalue weighted by atomic mass is 35.5. The van der Waals surface area contributed by atoms with E-state index in [-0.39, 0.29) is 0 Å². The number of benzene rings is 6. The van der Waals surface area contributed by atoms with E-state index in [4.69, 9.17) is 11.6 Å².